The highest BCUT2D eigenvalue weighted by atomic mass is 16.5. The molecule has 0 saturated carbocycles. The highest BCUT2D eigenvalue weighted by Crippen LogP contribution is 2.24. The Bertz CT molecular complexity index is 320. The molecular formula is C12H23N3O. The molecule has 0 atom stereocenters. The summed E-state index contributed by atoms with van der Waals surface area (Å²) >= 11 is 0. The summed E-state index contributed by atoms with van der Waals surface area (Å²) in [7, 11) is 0. The van der Waals surface area contributed by atoms with Gasteiger partial charge in [0.25, 0.3) is 0 Å². The molecule has 92 valence electrons. The minimum Gasteiger partial charge on any atom is -0.476 e. The van der Waals surface area contributed by atoms with E-state index in [1.807, 2.05) is 18.5 Å². The van der Waals surface area contributed by atoms with Gasteiger partial charge in [0.1, 0.15) is 5.69 Å². The first-order valence-corrected chi connectivity index (χ1v) is 6.16. The number of hydrogen-bond acceptors (Lipinski definition) is 3. The molecule has 0 aliphatic heterocycles. The fourth-order valence-electron chi connectivity index (χ4n) is 1.64. The van der Waals surface area contributed by atoms with Crippen LogP contribution in [0.2, 0.25) is 0 Å². The molecule has 0 aromatic carbocycles. The molecule has 1 aromatic heterocycles. The molecule has 0 spiro atoms. The molecular weight excluding hydrogens is 202 g/mol. The number of anilines is 1. The van der Waals surface area contributed by atoms with Crippen LogP contribution >= 0.6 is 0 Å². The Morgan fingerprint density at radius 2 is 2.00 bits per heavy atom. The Morgan fingerprint density at radius 3 is 2.62 bits per heavy atom. The summed E-state index contributed by atoms with van der Waals surface area (Å²) in [5.41, 5.74) is 7.44. The lowest BCUT2D eigenvalue weighted by Gasteiger charge is -2.08. The van der Waals surface area contributed by atoms with Gasteiger partial charge in [0.15, 0.2) is 0 Å². The van der Waals surface area contributed by atoms with Crippen molar-refractivity contribution in [1.82, 2.24) is 9.78 Å². The lowest BCUT2D eigenvalue weighted by Crippen LogP contribution is -2.06. The summed E-state index contributed by atoms with van der Waals surface area (Å²) in [6.07, 6.45) is 4.82. The molecule has 1 heterocycles. The molecule has 0 amide bonds. The normalized spacial score (nSPS) is 10.7. The predicted molar refractivity (Wildman–Crippen MR) is 66.7 cm³/mol. The van der Waals surface area contributed by atoms with E-state index in [9.17, 15) is 0 Å². The van der Waals surface area contributed by atoms with Crippen molar-refractivity contribution in [3.05, 3.63) is 5.69 Å². The van der Waals surface area contributed by atoms with E-state index < -0.39 is 0 Å². The molecule has 16 heavy (non-hydrogen) atoms. The van der Waals surface area contributed by atoms with Crippen molar-refractivity contribution in [3.63, 3.8) is 0 Å². The van der Waals surface area contributed by atoms with Crippen molar-refractivity contribution in [2.24, 2.45) is 0 Å². The lowest BCUT2D eigenvalue weighted by atomic mass is 10.2. The number of aryl methyl sites for hydroxylation is 2. The van der Waals surface area contributed by atoms with E-state index in [1.54, 1.807) is 0 Å². The van der Waals surface area contributed by atoms with Crippen molar-refractivity contribution in [1.29, 1.82) is 0 Å². The van der Waals surface area contributed by atoms with Gasteiger partial charge in [0, 0.05) is 6.54 Å². The second-order valence-electron chi connectivity index (χ2n) is 4.03. The summed E-state index contributed by atoms with van der Waals surface area (Å²) in [5, 5.41) is 4.31. The van der Waals surface area contributed by atoms with Crippen molar-refractivity contribution in [2.45, 2.75) is 53.0 Å². The third kappa shape index (κ3) is 3.15. The van der Waals surface area contributed by atoms with E-state index in [2.05, 4.69) is 12.0 Å². The predicted octanol–water partition coefficient (Wildman–Crippen LogP) is 2.75. The molecule has 0 bridgehead atoms. The zero-order valence-electron chi connectivity index (χ0n) is 10.6. The number of hydrogen-bond donors (Lipinski definition) is 1. The minimum absolute atomic E-state index is 0.678. The number of ether oxygens (including phenoxy) is 1. The summed E-state index contributed by atoms with van der Waals surface area (Å²) < 4.78 is 7.53. The van der Waals surface area contributed by atoms with Gasteiger partial charge in [-0.2, -0.15) is 5.10 Å². The summed E-state index contributed by atoms with van der Waals surface area (Å²) in [6, 6.07) is 0. The Kier molecular flexibility index (Phi) is 5.15. The van der Waals surface area contributed by atoms with Crippen LogP contribution in [0.25, 0.3) is 0 Å². The molecule has 1 rings (SSSR count). The molecule has 0 unspecified atom stereocenters. The third-order valence-corrected chi connectivity index (χ3v) is 2.66. The maximum absolute atomic E-state index is 5.91. The standard InChI is InChI=1S/C12H23N3O/c1-4-6-7-8-9-16-12-11(13)10(3)14-15(12)5-2/h4-9,13H2,1-3H3. The van der Waals surface area contributed by atoms with Gasteiger partial charge in [-0.1, -0.05) is 26.2 Å². The largest absolute Gasteiger partial charge is 0.476 e. The van der Waals surface area contributed by atoms with Crippen LogP contribution in [0.4, 0.5) is 5.69 Å². The fourth-order valence-corrected chi connectivity index (χ4v) is 1.64. The zero-order chi connectivity index (χ0) is 12.0. The van der Waals surface area contributed by atoms with Crippen LogP contribution in [-0.2, 0) is 6.54 Å². The second kappa shape index (κ2) is 6.40. The quantitative estimate of drug-likeness (QED) is 0.726. The monoisotopic (exact) mass is 225 g/mol. The average Bonchev–Trinajstić information content (AvgIpc) is 2.56. The van der Waals surface area contributed by atoms with Gasteiger partial charge in [-0.25, -0.2) is 4.68 Å². The molecule has 2 N–H and O–H groups in total. The highest BCUT2D eigenvalue weighted by molar-refractivity contribution is 5.52. The van der Waals surface area contributed by atoms with Gasteiger partial charge in [0.2, 0.25) is 5.88 Å². The fraction of sp³-hybridized carbons (Fsp3) is 0.750. The van der Waals surface area contributed by atoms with Crippen molar-refractivity contribution >= 4 is 5.69 Å². The first-order chi connectivity index (χ1) is 7.70. The van der Waals surface area contributed by atoms with Gasteiger partial charge in [-0.15, -0.1) is 0 Å². The smallest absolute Gasteiger partial charge is 0.236 e. The molecule has 1 aromatic rings. The van der Waals surface area contributed by atoms with Gasteiger partial charge in [-0.05, 0) is 20.3 Å². The number of nitrogens with two attached hydrogens (primary N) is 1. The van der Waals surface area contributed by atoms with Crippen LogP contribution in [0.5, 0.6) is 5.88 Å². The van der Waals surface area contributed by atoms with Crippen LogP contribution < -0.4 is 10.5 Å². The average molecular weight is 225 g/mol. The van der Waals surface area contributed by atoms with Crippen LogP contribution in [0.15, 0.2) is 0 Å². The molecule has 0 radical (unpaired) electrons. The lowest BCUT2D eigenvalue weighted by molar-refractivity contribution is 0.277. The van der Waals surface area contributed by atoms with Crippen molar-refractivity contribution < 1.29 is 4.74 Å². The Labute approximate surface area is 97.8 Å². The maximum atomic E-state index is 5.91. The first-order valence-electron chi connectivity index (χ1n) is 6.16. The number of nitrogens with zero attached hydrogens (tertiary/aromatic N) is 2. The zero-order valence-corrected chi connectivity index (χ0v) is 10.6. The van der Waals surface area contributed by atoms with Crippen molar-refractivity contribution in [2.75, 3.05) is 12.3 Å². The van der Waals surface area contributed by atoms with E-state index in [1.165, 1.54) is 19.3 Å². The Hall–Kier alpha value is -1.19. The number of unbranched alkanes of at least 4 members (excludes halogenated alkanes) is 3. The van der Waals surface area contributed by atoms with Crippen molar-refractivity contribution in [3.8, 4) is 5.88 Å². The first kappa shape index (κ1) is 12.9. The Balaban J connectivity index is 2.46. The van der Waals surface area contributed by atoms with Crippen LogP contribution in [0.1, 0.15) is 45.2 Å². The van der Waals surface area contributed by atoms with Gasteiger partial charge >= 0.3 is 0 Å². The summed E-state index contributed by atoms with van der Waals surface area (Å²) in [5.74, 6) is 0.733. The van der Waals surface area contributed by atoms with Gasteiger partial charge < -0.3 is 10.5 Å². The number of nitrogen functional groups attached to an aromatic ring is 1. The summed E-state index contributed by atoms with van der Waals surface area (Å²) in [6.45, 7) is 7.67. The maximum Gasteiger partial charge on any atom is 0.236 e. The van der Waals surface area contributed by atoms with Crippen LogP contribution in [0, 0.1) is 6.92 Å². The molecule has 0 saturated heterocycles. The molecule has 0 aliphatic carbocycles. The number of rotatable bonds is 7. The van der Waals surface area contributed by atoms with Crippen LogP contribution in [0.3, 0.4) is 0 Å². The third-order valence-electron chi connectivity index (χ3n) is 2.66. The topological polar surface area (TPSA) is 53.1 Å². The van der Waals surface area contributed by atoms with Gasteiger partial charge in [-0.3, -0.25) is 0 Å². The number of aromatic nitrogens is 2. The van der Waals surface area contributed by atoms with Crippen LogP contribution in [-0.4, -0.2) is 16.4 Å². The molecule has 0 aliphatic rings. The van der Waals surface area contributed by atoms with Gasteiger partial charge in [0.05, 0.1) is 12.3 Å². The highest BCUT2D eigenvalue weighted by Gasteiger charge is 2.12. The van der Waals surface area contributed by atoms with E-state index in [0.717, 1.165) is 31.1 Å². The minimum atomic E-state index is 0.678. The van der Waals surface area contributed by atoms with E-state index in [4.69, 9.17) is 10.5 Å². The molecule has 4 heteroatoms. The molecule has 4 nitrogen and oxygen atoms in total. The van der Waals surface area contributed by atoms with E-state index in [0.29, 0.717) is 5.69 Å². The molecule has 0 fully saturated rings. The summed E-state index contributed by atoms with van der Waals surface area (Å²) in [4.78, 5) is 0. The Morgan fingerprint density at radius 1 is 1.25 bits per heavy atom. The SMILES string of the molecule is CCCCCCOc1c(N)c(C)nn1CC. The van der Waals surface area contributed by atoms with E-state index in [-0.39, 0.29) is 0 Å². The van der Waals surface area contributed by atoms with E-state index >= 15 is 0 Å². The second-order valence-corrected chi connectivity index (χ2v) is 4.03.